The highest BCUT2D eigenvalue weighted by Crippen LogP contribution is 2.52. The molecule has 2 aliphatic carbocycles. The summed E-state index contributed by atoms with van der Waals surface area (Å²) in [5.74, 6) is -4.57. The molecule has 13 heteroatoms. The number of aliphatic hydroxyl groups excluding tert-OH is 1. The summed E-state index contributed by atoms with van der Waals surface area (Å²) in [5, 5.41) is 44.7. The number of aromatic hydroxyl groups is 2. The molecule has 0 amide bonds. The number of methoxy groups -OCH3 is 1. The largest absolute Gasteiger partial charge is 0.507 e. The minimum atomic E-state index is -2.28. The summed E-state index contributed by atoms with van der Waals surface area (Å²) in [6.07, 6.45) is -5.30. The van der Waals surface area contributed by atoms with Crippen LogP contribution in [0.25, 0.3) is 0 Å². The number of carbonyl (C=O) groups excluding carboxylic acids is 4. The zero-order chi connectivity index (χ0) is 30.7. The monoisotopic (exact) mass is 585 g/mol. The van der Waals surface area contributed by atoms with Crippen molar-refractivity contribution in [3.05, 3.63) is 51.6 Å². The Balaban J connectivity index is 1.66. The molecule has 3 aliphatic rings. The fourth-order valence-electron chi connectivity index (χ4n) is 5.90. The normalized spacial score (nSPS) is 28.4. The summed E-state index contributed by atoms with van der Waals surface area (Å²) in [6, 6.07) is 3.59. The number of rotatable bonds is 6. The number of Topliss-reactive ketones (excluding diaryl/α,β-unsaturated/α-hetero) is 1. The van der Waals surface area contributed by atoms with E-state index < -0.39 is 102 Å². The molecule has 0 radical (unpaired) electrons. The van der Waals surface area contributed by atoms with Gasteiger partial charge in [0.1, 0.15) is 22.8 Å². The van der Waals surface area contributed by atoms with Gasteiger partial charge in [-0.1, -0.05) is 12.1 Å². The number of benzene rings is 2. The van der Waals surface area contributed by atoms with Gasteiger partial charge in [0.05, 0.1) is 42.1 Å². The Bertz CT molecular complexity index is 1490. The van der Waals surface area contributed by atoms with Crippen LogP contribution < -0.4 is 10.5 Å². The molecule has 2 aromatic rings. The van der Waals surface area contributed by atoms with E-state index in [-0.39, 0.29) is 34.4 Å². The molecule has 5 rings (SSSR count). The van der Waals surface area contributed by atoms with Crippen molar-refractivity contribution < 1.29 is 58.6 Å². The van der Waals surface area contributed by atoms with Gasteiger partial charge in [0.25, 0.3) is 0 Å². The topological polar surface area (TPSA) is 212 Å². The predicted octanol–water partition coefficient (Wildman–Crippen LogP) is 0.572. The second-order valence-electron chi connectivity index (χ2n) is 10.8. The third kappa shape index (κ3) is 4.72. The molecule has 0 bridgehead atoms. The Hall–Kier alpha value is -3.88. The highest BCUT2D eigenvalue weighted by molar-refractivity contribution is 6.31. The van der Waals surface area contributed by atoms with Crippen LogP contribution in [0.1, 0.15) is 75.8 Å². The standard InChI is InChI=1S/C29H31NO12/c1-11-24(33)15(30)7-19(41-11)42-17-9-29(38,18(32)10-40-12(2)31)8-14-21(17)28(37)23-22(26(14)35)25(34)13-5-4-6-16(39-3)20(13)27(23)36/h4-6,11,15,17,19,24,33,35,37-38H,7-10,30H2,1-3H3/t11-,15-,17-,19-,24+,29-/m0/s1. The maximum absolute atomic E-state index is 13.7. The van der Waals surface area contributed by atoms with E-state index in [2.05, 4.69) is 0 Å². The van der Waals surface area contributed by atoms with Gasteiger partial charge in [-0.2, -0.15) is 0 Å². The summed E-state index contributed by atoms with van der Waals surface area (Å²) in [4.78, 5) is 51.8. The second-order valence-corrected chi connectivity index (χ2v) is 10.8. The number of hydrogen-bond acceptors (Lipinski definition) is 13. The van der Waals surface area contributed by atoms with Crippen molar-refractivity contribution in [1.29, 1.82) is 0 Å². The lowest BCUT2D eigenvalue weighted by molar-refractivity contribution is -0.247. The summed E-state index contributed by atoms with van der Waals surface area (Å²) in [5.41, 5.74) is 2.26. The minimum absolute atomic E-state index is 0.00314. The molecule has 1 aliphatic heterocycles. The molecular formula is C29H31NO12. The van der Waals surface area contributed by atoms with Gasteiger partial charge in [-0.05, 0) is 13.0 Å². The van der Waals surface area contributed by atoms with Gasteiger partial charge in [-0.25, -0.2) is 0 Å². The number of carbonyl (C=O) groups is 4. The number of ether oxygens (including phenoxy) is 4. The van der Waals surface area contributed by atoms with E-state index in [0.717, 1.165) is 6.92 Å². The first-order chi connectivity index (χ1) is 19.8. The second kappa shape index (κ2) is 10.7. The van der Waals surface area contributed by atoms with E-state index in [9.17, 15) is 39.6 Å². The number of phenolic OH excluding ortho intramolecular Hbond substituents is 2. The lowest BCUT2D eigenvalue weighted by Crippen LogP contribution is -2.53. The first kappa shape index (κ1) is 29.6. The van der Waals surface area contributed by atoms with Gasteiger partial charge in [0.2, 0.25) is 11.6 Å². The van der Waals surface area contributed by atoms with Gasteiger partial charge in [0.15, 0.2) is 18.7 Å². The molecular weight excluding hydrogens is 554 g/mol. The fraction of sp³-hybridized carbons (Fsp3) is 0.448. The number of phenols is 2. The average molecular weight is 586 g/mol. The highest BCUT2D eigenvalue weighted by atomic mass is 16.7. The molecule has 0 aromatic heterocycles. The van der Waals surface area contributed by atoms with Gasteiger partial charge in [-0.15, -0.1) is 0 Å². The van der Waals surface area contributed by atoms with Crippen molar-refractivity contribution in [3.63, 3.8) is 0 Å². The first-order valence-corrected chi connectivity index (χ1v) is 13.3. The van der Waals surface area contributed by atoms with Crippen LogP contribution in [0.3, 0.4) is 0 Å². The van der Waals surface area contributed by atoms with E-state index in [1.807, 2.05) is 0 Å². The van der Waals surface area contributed by atoms with Crippen LogP contribution in [0.4, 0.5) is 0 Å². The maximum atomic E-state index is 13.7. The van der Waals surface area contributed by atoms with Crippen molar-refractivity contribution in [1.82, 2.24) is 0 Å². The summed E-state index contributed by atoms with van der Waals surface area (Å²) in [6.45, 7) is 1.87. The minimum Gasteiger partial charge on any atom is -0.507 e. The molecule has 6 N–H and O–H groups in total. The van der Waals surface area contributed by atoms with E-state index in [1.165, 1.54) is 25.3 Å². The summed E-state index contributed by atoms with van der Waals surface area (Å²) < 4.78 is 21.9. The van der Waals surface area contributed by atoms with E-state index in [1.54, 1.807) is 6.92 Å². The molecule has 42 heavy (non-hydrogen) atoms. The van der Waals surface area contributed by atoms with Gasteiger partial charge < -0.3 is 45.1 Å². The summed E-state index contributed by atoms with van der Waals surface area (Å²) >= 11 is 0. The van der Waals surface area contributed by atoms with Gasteiger partial charge in [-0.3, -0.25) is 19.2 Å². The quantitative estimate of drug-likeness (QED) is 0.198. The lowest BCUT2D eigenvalue weighted by Gasteiger charge is -2.42. The number of hydrogen-bond donors (Lipinski definition) is 5. The molecule has 2 aromatic carbocycles. The van der Waals surface area contributed by atoms with Crippen LogP contribution in [0, 0.1) is 0 Å². The fourth-order valence-corrected chi connectivity index (χ4v) is 5.90. The Morgan fingerprint density at radius 3 is 2.45 bits per heavy atom. The number of esters is 1. The number of ketones is 3. The Morgan fingerprint density at radius 1 is 1.12 bits per heavy atom. The number of nitrogens with two attached hydrogens (primary N) is 1. The van der Waals surface area contributed by atoms with E-state index >= 15 is 0 Å². The van der Waals surface area contributed by atoms with E-state index in [4.69, 9.17) is 24.7 Å². The Morgan fingerprint density at radius 2 is 1.81 bits per heavy atom. The molecule has 6 atom stereocenters. The van der Waals surface area contributed by atoms with Crippen molar-refractivity contribution in [2.24, 2.45) is 5.73 Å². The molecule has 0 spiro atoms. The van der Waals surface area contributed by atoms with Crippen LogP contribution in [0.5, 0.6) is 17.2 Å². The third-order valence-corrected chi connectivity index (χ3v) is 8.07. The molecule has 1 fully saturated rings. The van der Waals surface area contributed by atoms with E-state index in [0.29, 0.717) is 0 Å². The zero-order valence-corrected chi connectivity index (χ0v) is 23.1. The Kier molecular flexibility index (Phi) is 7.58. The zero-order valence-electron chi connectivity index (χ0n) is 23.1. The maximum Gasteiger partial charge on any atom is 0.303 e. The smallest absolute Gasteiger partial charge is 0.303 e. The van der Waals surface area contributed by atoms with Crippen molar-refractivity contribution in [2.45, 2.75) is 69.4 Å². The molecule has 0 saturated carbocycles. The van der Waals surface area contributed by atoms with Crippen LogP contribution in [0.15, 0.2) is 18.2 Å². The average Bonchev–Trinajstić information content (AvgIpc) is 2.94. The van der Waals surface area contributed by atoms with Crippen LogP contribution in [0.2, 0.25) is 0 Å². The first-order valence-electron chi connectivity index (χ1n) is 13.3. The van der Waals surface area contributed by atoms with Gasteiger partial charge >= 0.3 is 5.97 Å². The van der Waals surface area contributed by atoms with Gasteiger partial charge in [0, 0.05) is 48.9 Å². The van der Waals surface area contributed by atoms with Crippen molar-refractivity contribution >= 4 is 23.3 Å². The van der Waals surface area contributed by atoms with Crippen LogP contribution in [-0.4, -0.2) is 87.6 Å². The molecule has 1 saturated heterocycles. The number of fused-ring (bicyclic) bond motifs is 3. The Labute approximate surface area is 239 Å². The lowest BCUT2D eigenvalue weighted by atomic mass is 9.72. The third-order valence-electron chi connectivity index (χ3n) is 8.07. The molecule has 1 heterocycles. The van der Waals surface area contributed by atoms with Crippen molar-refractivity contribution in [3.8, 4) is 17.2 Å². The predicted molar refractivity (Wildman–Crippen MR) is 141 cm³/mol. The molecule has 0 unspecified atom stereocenters. The highest BCUT2D eigenvalue weighted by Gasteiger charge is 2.50. The van der Waals surface area contributed by atoms with Crippen LogP contribution in [-0.2, 0) is 30.2 Å². The molecule has 224 valence electrons. The van der Waals surface area contributed by atoms with Crippen LogP contribution >= 0.6 is 0 Å². The summed E-state index contributed by atoms with van der Waals surface area (Å²) in [7, 11) is 1.32. The SMILES string of the molecule is COc1cccc2c1C(=O)c1c(O)c3c(c(O)c1C2=O)C[C@@](O)(C(=O)COC(C)=O)C[C@@H]3O[C@H]1C[C@H](N)[C@H](O)[C@H](C)O1. The van der Waals surface area contributed by atoms with Crippen molar-refractivity contribution in [2.75, 3.05) is 13.7 Å². The molecule has 13 nitrogen and oxygen atoms in total. The number of aliphatic hydroxyl groups is 2.